The number of halogens is 1. The van der Waals surface area contributed by atoms with Gasteiger partial charge in [-0.15, -0.1) is 11.3 Å². The third-order valence-electron chi connectivity index (χ3n) is 2.64. The van der Waals surface area contributed by atoms with Crippen LogP contribution in [0.2, 0.25) is 0 Å². The molecular formula is C10H13IN2OS. The van der Waals surface area contributed by atoms with E-state index in [0.29, 0.717) is 0 Å². The fourth-order valence-electron chi connectivity index (χ4n) is 1.71. The topological polar surface area (TPSA) is 46.3 Å². The average Bonchev–Trinajstić information content (AvgIpc) is 2.65. The van der Waals surface area contributed by atoms with Gasteiger partial charge in [-0.2, -0.15) is 0 Å². The first-order valence-corrected chi connectivity index (χ1v) is 6.91. The van der Waals surface area contributed by atoms with Crippen molar-refractivity contribution >= 4 is 39.8 Å². The first-order chi connectivity index (χ1) is 7.16. The van der Waals surface area contributed by atoms with Crippen molar-refractivity contribution in [3.8, 4) is 0 Å². The molecule has 1 aromatic heterocycles. The summed E-state index contributed by atoms with van der Waals surface area (Å²) in [6.07, 6.45) is 1.85. The molecule has 1 aromatic rings. The number of carbonyl (C=O) groups is 1. The van der Waals surface area contributed by atoms with Crippen LogP contribution in [0.15, 0.2) is 11.4 Å². The largest absolute Gasteiger partial charge is 0.339 e. The third-order valence-corrected chi connectivity index (χ3v) is 4.43. The van der Waals surface area contributed by atoms with Gasteiger partial charge in [0.15, 0.2) is 0 Å². The summed E-state index contributed by atoms with van der Waals surface area (Å²) in [5, 5.41) is 1.93. The van der Waals surface area contributed by atoms with Crippen LogP contribution in [0.4, 0.5) is 0 Å². The van der Waals surface area contributed by atoms with E-state index in [1.807, 2.05) is 16.3 Å². The van der Waals surface area contributed by atoms with Gasteiger partial charge in [-0.05, 0) is 41.5 Å². The second kappa shape index (κ2) is 4.80. The van der Waals surface area contributed by atoms with E-state index < -0.39 is 0 Å². The van der Waals surface area contributed by atoms with E-state index in [4.69, 9.17) is 5.73 Å². The van der Waals surface area contributed by atoms with Gasteiger partial charge in [0.1, 0.15) is 0 Å². The Bertz CT molecular complexity index is 358. The quantitative estimate of drug-likeness (QED) is 0.797. The molecule has 0 atom stereocenters. The number of hydrogen-bond donors (Lipinski definition) is 1. The van der Waals surface area contributed by atoms with Gasteiger partial charge in [-0.25, -0.2) is 0 Å². The number of nitrogens with two attached hydrogens (primary N) is 1. The van der Waals surface area contributed by atoms with Crippen molar-refractivity contribution in [3.63, 3.8) is 0 Å². The van der Waals surface area contributed by atoms with Crippen LogP contribution in [-0.2, 0) is 0 Å². The zero-order valence-corrected chi connectivity index (χ0v) is 11.3. The molecule has 0 radical (unpaired) electrons. The summed E-state index contributed by atoms with van der Waals surface area (Å²) in [7, 11) is 0. The van der Waals surface area contributed by atoms with Crippen molar-refractivity contribution in [2.45, 2.75) is 18.9 Å². The Morgan fingerprint density at radius 1 is 1.53 bits per heavy atom. The number of rotatable bonds is 1. The second-order valence-electron chi connectivity index (χ2n) is 3.77. The van der Waals surface area contributed by atoms with Gasteiger partial charge < -0.3 is 10.6 Å². The molecule has 2 heterocycles. The molecule has 1 saturated heterocycles. The van der Waals surface area contributed by atoms with E-state index in [-0.39, 0.29) is 11.9 Å². The number of carbonyl (C=O) groups excluding carboxylic acids is 1. The molecule has 2 rings (SSSR count). The van der Waals surface area contributed by atoms with Crippen LogP contribution in [0.5, 0.6) is 0 Å². The van der Waals surface area contributed by atoms with E-state index in [9.17, 15) is 4.79 Å². The first-order valence-electron chi connectivity index (χ1n) is 4.95. The summed E-state index contributed by atoms with van der Waals surface area (Å²) < 4.78 is 1.16. The molecule has 5 heteroatoms. The molecule has 1 aliphatic rings. The van der Waals surface area contributed by atoms with Gasteiger partial charge >= 0.3 is 0 Å². The SMILES string of the molecule is NC1CCN(C(=O)c2csc(I)c2)CC1. The molecule has 0 bridgehead atoms. The van der Waals surface area contributed by atoms with Gasteiger partial charge in [0, 0.05) is 24.5 Å². The van der Waals surface area contributed by atoms with Crippen LogP contribution in [0.1, 0.15) is 23.2 Å². The Balaban J connectivity index is 2.02. The van der Waals surface area contributed by atoms with Crippen LogP contribution < -0.4 is 5.73 Å². The van der Waals surface area contributed by atoms with Gasteiger partial charge in [0.25, 0.3) is 5.91 Å². The molecule has 0 unspecified atom stereocenters. The minimum Gasteiger partial charge on any atom is -0.339 e. The van der Waals surface area contributed by atoms with E-state index >= 15 is 0 Å². The maximum Gasteiger partial charge on any atom is 0.254 e. The normalized spacial score (nSPS) is 18.1. The van der Waals surface area contributed by atoms with Crippen molar-refractivity contribution in [1.82, 2.24) is 4.90 Å². The Labute approximate surface area is 107 Å². The highest BCUT2D eigenvalue weighted by Crippen LogP contribution is 2.19. The van der Waals surface area contributed by atoms with E-state index in [2.05, 4.69) is 22.6 Å². The summed E-state index contributed by atoms with van der Waals surface area (Å²) >= 11 is 3.85. The standard InChI is InChI=1S/C10H13IN2OS/c11-9-5-7(6-15-9)10(14)13-3-1-8(12)2-4-13/h5-6,8H,1-4,12H2. The van der Waals surface area contributed by atoms with Gasteiger partial charge in [0.2, 0.25) is 0 Å². The third kappa shape index (κ3) is 2.70. The van der Waals surface area contributed by atoms with Gasteiger partial charge in [-0.1, -0.05) is 0 Å². The van der Waals surface area contributed by atoms with Crippen molar-refractivity contribution in [2.24, 2.45) is 5.73 Å². The highest BCUT2D eigenvalue weighted by molar-refractivity contribution is 14.1. The first kappa shape index (κ1) is 11.3. The number of hydrogen-bond acceptors (Lipinski definition) is 3. The van der Waals surface area contributed by atoms with Crippen LogP contribution in [0.3, 0.4) is 0 Å². The van der Waals surface area contributed by atoms with E-state index in [0.717, 1.165) is 34.4 Å². The minimum atomic E-state index is 0.154. The number of thiophene rings is 1. The molecule has 1 fully saturated rings. The van der Waals surface area contributed by atoms with Crippen LogP contribution in [-0.4, -0.2) is 29.9 Å². The van der Waals surface area contributed by atoms with Crippen LogP contribution >= 0.6 is 33.9 Å². The van der Waals surface area contributed by atoms with E-state index in [1.165, 1.54) is 0 Å². The molecular weight excluding hydrogens is 323 g/mol. The predicted octanol–water partition coefficient (Wildman–Crippen LogP) is 1.92. The molecule has 0 aliphatic carbocycles. The molecule has 3 nitrogen and oxygen atoms in total. The lowest BCUT2D eigenvalue weighted by molar-refractivity contribution is 0.0715. The molecule has 1 amide bonds. The summed E-state index contributed by atoms with van der Waals surface area (Å²) in [6, 6.07) is 2.22. The Kier molecular flexibility index (Phi) is 3.63. The Morgan fingerprint density at radius 2 is 2.20 bits per heavy atom. The fraction of sp³-hybridized carbons (Fsp3) is 0.500. The zero-order chi connectivity index (χ0) is 10.8. The lowest BCUT2D eigenvalue weighted by Crippen LogP contribution is -2.42. The number of amides is 1. The smallest absolute Gasteiger partial charge is 0.254 e. The molecule has 0 aromatic carbocycles. The number of nitrogens with zero attached hydrogens (tertiary/aromatic N) is 1. The molecule has 1 aliphatic heterocycles. The molecule has 2 N–H and O–H groups in total. The molecule has 15 heavy (non-hydrogen) atoms. The summed E-state index contributed by atoms with van der Waals surface area (Å²) in [4.78, 5) is 13.9. The van der Waals surface area contributed by atoms with Gasteiger partial charge in [-0.3, -0.25) is 4.79 Å². The average molecular weight is 336 g/mol. The Hall–Kier alpha value is -0.140. The second-order valence-corrected chi connectivity index (χ2v) is 6.57. The fourth-order valence-corrected chi connectivity index (χ4v) is 3.03. The lowest BCUT2D eigenvalue weighted by atomic mass is 10.1. The Morgan fingerprint density at radius 3 is 2.73 bits per heavy atom. The minimum absolute atomic E-state index is 0.154. The number of piperidine rings is 1. The summed E-state index contributed by atoms with van der Waals surface area (Å²) in [5.41, 5.74) is 6.62. The lowest BCUT2D eigenvalue weighted by Gasteiger charge is -2.29. The maximum absolute atomic E-state index is 12.0. The zero-order valence-electron chi connectivity index (χ0n) is 8.28. The van der Waals surface area contributed by atoms with Crippen molar-refractivity contribution in [2.75, 3.05) is 13.1 Å². The van der Waals surface area contributed by atoms with Crippen LogP contribution in [0, 0.1) is 2.88 Å². The van der Waals surface area contributed by atoms with Crippen molar-refractivity contribution in [1.29, 1.82) is 0 Å². The maximum atomic E-state index is 12.0. The van der Waals surface area contributed by atoms with Crippen molar-refractivity contribution < 1.29 is 4.79 Å². The summed E-state index contributed by atoms with van der Waals surface area (Å²) in [5.74, 6) is 0.154. The monoisotopic (exact) mass is 336 g/mol. The highest BCUT2D eigenvalue weighted by atomic mass is 127. The van der Waals surface area contributed by atoms with Crippen molar-refractivity contribution in [3.05, 3.63) is 19.9 Å². The van der Waals surface area contributed by atoms with Crippen LogP contribution in [0.25, 0.3) is 0 Å². The van der Waals surface area contributed by atoms with E-state index in [1.54, 1.807) is 11.3 Å². The summed E-state index contributed by atoms with van der Waals surface area (Å²) in [6.45, 7) is 1.60. The highest BCUT2D eigenvalue weighted by Gasteiger charge is 2.22. The molecule has 0 spiro atoms. The van der Waals surface area contributed by atoms with Gasteiger partial charge in [0.05, 0.1) is 8.45 Å². The number of likely N-dealkylation sites (tertiary alicyclic amines) is 1. The predicted molar refractivity (Wildman–Crippen MR) is 70.1 cm³/mol. The molecule has 0 saturated carbocycles. The molecule has 82 valence electrons.